The van der Waals surface area contributed by atoms with Gasteiger partial charge in [0.2, 0.25) is 5.89 Å². The quantitative estimate of drug-likeness (QED) is 0.871. The fourth-order valence-electron chi connectivity index (χ4n) is 1.94. The molecule has 0 saturated carbocycles. The fourth-order valence-corrected chi connectivity index (χ4v) is 2.48. The van der Waals surface area contributed by atoms with E-state index >= 15 is 0 Å². The van der Waals surface area contributed by atoms with E-state index in [1.54, 1.807) is 6.92 Å². The van der Waals surface area contributed by atoms with E-state index in [2.05, 4.69) is 15.5 Å². The number of aliphatic hydroxyl groups is 1. The molecule has 0 aliphatic rings. The Morgan fingerprint density at radius 3 is 2.50 bits per heavy atom. The van der Waals surface area contributed by atoms with Crippen molar-refractivity contribution in [3.63, 3.8) is 0 Å². The van der Waals surface area contributed by atoms with Gasteiger partial charge in [0, 0.05) is 17.0 Å². The number of aryl methyl sites for hydroxylation is 1. The molecule has 118 valence electrons. The van der Waals surface area contributed by atoms with Gasteiger partial charge in [0.15, 0.2) is 11.9 Å². The summed E-state index contributed by atoms with van der Waals surface area (Å²) in [5, 5.41) is 17.3. The number of nitrogens with one attached hydrogen (secondary N) is 1. The van der Waals surface area contributed by atoms with Crippen molar-refractivity contribution >= 4 is 29.1 Å². The van der Waals surface area contributed by atoms with E-state index in [9.17, 15) is 9.90 Å². The zero-order chi connectivity index (χ0) is 16.3. The van der Waals surface area contributed by atoms with E-state index in [1.807, 2.05) is 6.92 Å². The van der Waals surface area contributed by atoms with Crippen molar-refractivity contribution in [1.29, 1.82) is 0 Å². The standard InChI is InChI=1S/C14H15Cl2N3O3/c1-3-11(13-17-7(2)22-19-13)18-14(21)12(20)8-4-9(15)6-10(16)5-8/h4-6,11-12,20H,3H2,1-2H3,(H,18,21)/t11-,12+/m0/s1. The van der Waals surface area contributed by atoms with Crippen LogP contribution in [-0.2, 0) is 4.79 Å². The Morgan fingerprint density at radius 1 is 1.36 bits per heavy atom. The van der Waals surface area contributed by atoms with Gasteiger partial charge in [-0.3, -0.25) is 4.79 Å². The molecule has 2 aromatic rings. The molecule has 1 aromatic carbocycles. The zero-order valence-electron chi connectivity index (χ0n) is 12.0. The van der Waals surface area contributed by atoms with Crippen LogP contribution >= 0.6 is 23.2 Å². The lowest BCUT2D eigenvalue weighted by Crippen LogP contribution is -2.33. The van der Waals surface area contributed by atoms with Crippen LogP contribution in [0.3, 0.4) is 0 Å². The maximum Gasteiger partial charge on any atom is 0.254 e. The van der Waals surface area contributed by atoms with Crippen molar-refractivity contribution < 1.29 is 14.4 Å². The number of nitrogens with zero attached hydrogens (tertiary/aromatic N) is 2. The number of hydrogen-bond acceptors (Lipinski definition) is 5. The molecule has 0 spiro atoms. The number of benzene rings is 1. The third-order valence-corrected chi connectivity index (χ3v) is 3.47. The minimum absolute atomic E-state index is 0.314. The van der Waals surface area contributed by atoms with Gasteiger partial charge in [-0.25, -0.2) is 0 Å². The number of aromatic nitrogens is 2. The summed E-state index contributed by atoms with van der Waals surface area (Å²) in [4.78, 5) is 16.3. The molecule has 0 bridgehead atoms. The second kappa shape index (κ2) is 7.09. The highest BCUT2D eigenvalue weighted by atomic mass is 35.5. The van der Waals surface area contributed by atoms with Gasteiger partial charge < -0.3 is 14.9 Å². The molecular formula is C14H15Cl2N3O3. The minimum atomic E-state index is -1.39. The lowest BCUT2D eigenvalue weighted by Gasteiger charge is -2.17. The fraction of sp³-hybridized carbons (Fsp3) is 0.357. The first kappa shape index (κ1) is 16.7. The summed E-state index contributed by atoms with van der Waals surface area (Å²) in [5.74, 6) is 0.183. The molecule has 1 amide bonds. The molecule has 0 aliphatic carbocycles. The number of amides is 1. The first-order chi connectivity index (χ1) is 10.4. The van der Waals surface area contributed by atoms with Crippen molar-refractivity contribution in [2.75, 3.05) is 0 Å². The van der Waals surface area contributed by atoms with E-state index in [0.717, 1.165) is 0 Å². The second-order valence-corrected chi connectivity index (χ2v) is 5.62. The second-order valence-electron chi connectivity index (χ2n) is 4.75. The lowest BCUT2D eigenvalue weighted by molar-refractivity contribution is -0.130. The van der Waals surface area contributed by atoms with Crippen molar-refractivity contribution in [3.05, 3.63) is 45.5 Å². The number of hydrogen-bond donors (Lipinski definition) is 2. The molecule has 0 unspecified atom stereocenters. The van der Waals surface area contributed by atoms with E-state index < -0.39 is 18.1 Å². The minimum Gasteiger partial charge on any atom is -0.378 e. The summed E-state index contributed by atoms with van der Waals surface area (Å²) >= 11 is 11.7. The number of aliphatic hydroxyl groups excluding tert-OH is 1. The van der Waals surface area contributed by atoms with Crippen LogP contribution in [0, 0.1) is 6.92 Å². The molecule has 22 heavy (non-hydrogen) atoms. The van der Waals surface area contributed by atoms with Crippen LogP contribution < -0.4 is 5.32 Å². The average Bonchev–Trinajstić information content (AvgIpc) is 2.89. The Balaban J connectivity index is 2.13. The van der Waals surface area contributed by atoms with Crippen molar-refractivity contribution in [2.24, 2.45) is 0 Å². The summed E-state index contributed by atoms with van der Waals surface area (Å²) < 4.78 is 4.90. The molecule has 1 aromatic heterocycles. The number of carbonyl (C=O) groups excluding carboxylic acids is 1. The normalized spacial score (nSPS) is 13.7. The molecule has 0 saturated heterocycles. The molecule has 2 rings (SSSR count). The SMILES string of the molecule is CC[C@H](NC(=O)[C@H](O)c1cc(Cl)cc(Cl)c1)c1noc(C)n1. The molecular weight excluding hydrogens is 329 g/mol. The van der Waals surface area contributed by atoms with Gasteiger partial charge in [-0.05, 0) is 30.2 Å². The topological polar surface area (TPSA) is 88.2 Å². The summed E-state index contributed by atoms with van der Waals surface area (Å²) in [5.41, 5.74) is 0.314. The van der Waals surface area contributed by atoms with Gasteiger partial charge in [-0.15, -0.1) is 0 Å². The van der Waals surface area contributed by atoms with Gasteiger partial charge in [-0.1, -0.05) is 35.3 Å². The summed E-state index contributed by atoms with van der Waals surface area (Å²) in [6.45, 7) is 3.52. The predicted octanol–water partition coefficient (Wildman–Crippen LogP) is 2.99. The Morgan fingerprint density at radius 2 is 2.00 bits per heavy atom. The van der Waals surface area contributed by atoms with E-state index in [0.29, 0.717) is 33.7 Å². The Hall–Kier alpha value is -1.63. The Bertz CT molecular complexity index is 655. The highest BCUT2D eigenvalue weighted by molar-refractivity contribution is 6.34. The van der Waals surface area contributed by atoms with Crippen LogP contribution in [0.25, 0.3) is 0 Å². The summed E-state index contributed by atoms with van der Waals surface area (Å²) in [7, 11) is 0. The summed E-state index contributed by atoms with van der Waals surface area (Å²) in [6, 6.07) is 4.04. The monoisotopic (exact) mass is 343 g/mol. The molecule has 6 nitrogen and oxygen atoms in total. The van der Waals surface area contributed by atoms with E-state index in [-0.39, 0.29) is 0 Å². The predicted molar refractivity (Wildman–Crippen MR) is 81.6 cm³/mol. The van der Waals surface area contributed by atoms with Gasteiger partial charge in [0.1, 0.15) is 0 Å². The maximum atomic E-state index is 12.2. The van der Waals surface area contributed by atoms with Crippen LogP contribution in [0.2, 0.25) is 10.0 Å². The average molecular weight is 344 g/mol. The number of carbonyl (C=O) groups is 1. The third-order valence-electron chi connectivity index (χ3n) is 3.03. The maximum absolute atomic E-state index is 12.2. The van der Waals surface area contributed by atoms with Crippen molar-refractivity contribution in [1.82, 2.24) is 15.5 Å². The van der Waals surface area contributed by atoms with Crippen molar-refractivity contribution in [3.8, 4) is 0 Å². The van der Waals surface area contributed by atoms with E-state index in [4.69, 9.17) is 27.7 Å². The number of halogens is 2. The molecule has 0 aliphatic heterocycles. The first-order valence-corrected chi connectivity index (χ1v) is 7.41. The smallest absolute Gasteiger partial charge is 0.254 e. The van der Waals surface area contributed by atoms with Gasteiger partial charge >= 0.3 is 0 Å². The molecule has 1 heterocycles. The van der Waals surface area contributed by atoms with Crippen LogP contribution in [-0.4, -0.2) is 21.2 Å². The first-order valence-electron chi connectivity index (χ1n) is 6.65. The van der Waals surface area contributed by atoms with Gasteiger partial charge in [0.05, 0.1) is 6.04 Å². The van der Waals surface area contributed by atoms with E-state index in [1.165, 1.54) is 18.2 Å². The third kappa shape index (κ3) is 3.97. The van der Waals surface area contributed by atoms with Gasteiger partial charge in [-0.2, -0.15) is 4.98 Å². The zero-order valence-corrected chi connectivity index (χ0v) is 13.5. The van der Waals surface area contributed by atoms with Crippen LogP contribution in [0.15, 0.2) is 22.7 Å². The lowest BCUT2D eigenvalue weighted by atomic mass is 10.1. The Kier molecular flexibility index (Phi) is 5.39. The van der Waals surface area contributed by atoms with Crippen LogP contribution in [0.1, 0.15) is 42.8 Å². The molecule has 0 radical (unpaired) electrons. The molecule has 0 fully saturated rings. The number of rotatable bonds is 5. The van der Waals surface area contributed by atoms with Gasteiger partial charge in [0.25, 0.3) is 5.91 Å². The Labute approximate surface area is 137 Å². The highest BCUT2D eigenvalue weighted by Crippen LogP contribution is 2.24. The largest absolute Gasteiger partial charge is 0.378 e. The van der Waals surface area contributed by atoms with Crippen molar-refractivity contribution in [2.45, 2.75) is 32.4 Å². The van der Waals surface area contributed by atoms with Crippen LogP contribution in [0.4, 0.5) is 0 Å². The molecule has 8 heteroatoms. The summed E-state index contributed by atoms with van der Waals surface area (Å²) in [6.07, 6.45) is -0.841. The molecule has 2 atom stereocenters. The molecule has 2 N–H and O–H groups in total. The highest BCUT2D eigenvalue weighted by Gasteiger charge is 2.24. The van der Waals surface area contributed by atoms with Crippen LogP contribution in [0.5, 0.6) is 0 Å².